The predicted molar refractivity (Wildman–Crippen MR) is 117 cm³/mol. The fourth-order valence-corrected chi connectivity index (χ4v) is 4.13. The zero-order chi connectivity index (χ0) is 20.8. The molecule has 0 bridgehead atoms. The molecule has 2 aliphatic heterocycles. The summed E-state index contributed by atoms with van der Waals surface area (Å²) in [5.41, 5.74) is 2.11. The van der Waals surface area contributed by atoms with Gasteiger partial charge in [0.05, 0.1) is 30.9 Å². The van der Waals surface area contributed by atoms with Gasteiger partial charge < -0.3 is 19.7 Å². The van der Waals surface area contributed by atoms with Gasteiger partial charge in [-0.1, -0.05) is 48.0 Å². The first kappa shape index (κ1) is 21.0. The maximum atomic E-state index is 12.4. The summed E-state index contributed by atoms with van der Waals surface area (Å²) in [7, 11) is 0. The maximum Gasteiger partial charge on any atom is 0.318 e. The number of morpholine rings is 1. The average molecular weight is 430 g/mol. The molecule has 0 aromatic heterocycles. The van der Waals surface area contributed by atoms with Crippen LogP contribution in [0.15, 0.2) is 48.5 Å². The molecule has 1 N–H and O–H groups in total. The first-order valence-electron chi connectivity index (χ1n) is 10.5. The number of halogens is 1. The summed E-state index contributed by atoms with van der Waals surface area (Å²) in [6, 6.07) is 15.8. The van der Waals surface area contributed by atoms with Crippen LogP contribution in [-0.4, -0.2) is 61.8 Å². The summed E-state index contributed by atoms with van der Waals surface area (Å²) in [4.78, 5) is 16.6. The largest absolute Gasteiger partial charge is 0.492 e. The van der Waals surface area contributed by atoms with Crippen LogP contribution in [0.25, 0.3) is 0 Å². The topological polar surface area (TPSA) is 54.0 Å². The smallest absolute Gasteiger partial charge is 0.318 e. The fourth-order valence-electron chi connectivity index (χ4n) is 3.87. The molecule has 30 heavy (non-hydrogen) atoms. The van der Waals surface area contributed by atoms with E-state index in [1.807, 2.05) is 53.4 Å². The Labute approximate surface area is 182 Å². The molecule has 7 heteroatoms. The minimum atomic E-state index is -0.0524. The molecule has 2 aromatic rings. The molecule has 2 heterocycles. The monoisotopic (exact) mass is 429 g/mol. The summed E-state index contributed by atoms with van der Waals surface area (Å²) in [5.74, 6) is 0.690. The highest BCUT2D eigenvalue weighted by Crippen LogP contribution is 2.28. The number of benzene rings is 2. The van der Waals surface area contributed by atoms with Crippen molar-refractivity contribution in [2.75, 3.05) is 46.0 Å². The van der Waals surface area contributed by atoms with E-state index in [9.17, 15) is 4.79 Å². The van der Waals surface area contributed by atoms with Crippen molar-refractivity contribution in [2.45, 2.75) is 19.0 Å². The average Bonchev–Trinajstić information content (AvgIpc) is 3.14. The number of nitrogens with one attached hydrogen (secondary N) is 1. The van der Waals surface area contributed by atoms with Crippen LogP contribution in [0.5, 0.6) is 5.75 Å². The number of hydrogen-bond acceptors (Lipinski definition) is 4. The Morgan fingerprint density at radius 3 is 2.70 bits per heavy atom. The van der Waals surface area contributed by atoms with Crippen molar-refractivity contribution in [2.24, 2.45) is 0 Å². The second-order valence-electron chi connectivity index (χ2n) is 7.71. The molecule has 0 unspecified atom stereocenters. The Hall–Kier alpha value is -2.28. The molecule has 2 saturated heterocycles. The van der Waals surface area contributed by atoms with Crippen LogP contribution in [0, 0.1) is 0 Å². The number of ether oxygens (including phenoxy) is 2. The van der Waals surface area contributed by atoms with Crippen LogP contribution < -0.4 is 10.1 Å². The number of hydrogen-bond donors (Lipinski definition) is 1. The van der Waals surface area contributed by atoms with Crippen molar-refractivity contribution in [1.82, 2.24) is 15.1 Å². The van der Waals surface area contributed by atoms with Gasteiger partial charge in [-0.3, -0.25) is 4.90 Å². The summed E-state index contributed by atoms with van der Waals surface area (Å²) in [6.07, 6.45) is 0.951. The van der Waals surface area contributed by atoms with Crippen LogP contribution in [0.1, 0.15) is 23.6 Å². The van der Waals surface area contributed by atoms with Gasteiger partial charge in [-0.25, -0.2) is 4.79 Å². The van der Waals surface area contributed by atoms with E-state index in [-0.39, 0.29) is 12.1 Å². The molecule has 0 aliphatic carbocycles. The first-order valence-corrected chi connectivity index (χ1v) is 10.9. The first-order chi connectivity index (χ1) is 14.7. The molecule has 2 aromatic carbocycles. The third kappa shape index (κ3) is 5.45. The lowest BCUT2D eigenvalue weighted by Gasteiger charge is -2.26. The predicted octanol–water partition coefficient (Wildman–Crippen LogP) is 3.71. The lowest BCUT2D eigenvalue weighted by molar-refractivity contribution is 0.0358. The van der Waals surface area contributed by atoms with Gasteiger partial charge in [0.25, 0.3) is 0 Å². The maximum absolute atomic E-state index is 12.4. The number of amides is 2. The normalized spacial score (nSPS) is 19.7. The molecular weight excluding hydrogens is 402 g/mol. The van der Waals surface area contributed by atoms with Gasteiger partial charge in [0, 0.05) is 32.7 Å². The SMILES string of the molecule is O=C1N[C@@H](c2ccccc2)CN1Cc1ccc(OCCCN2CCOCC2)c(Cl)c1. The van der Waals surface area contributed by atoms with Gasteiger partial charge in [-0.05, 0) is 29.7 Å². The van der Waals surface area contributed by atoms with Gasteiger partial charge in [0.15, 0.2) is 0 Å². The standard InChI is InChI=1S/C23H28ClN3O3/c24-20-15-18(7-8-22(20)30-12-4-9-26-10-13-29-14-11-26)16-27-17-21(25-23(27)28)19-5-2-1-3-6-19/h1-3,5-8,15,21H,4,9-14,16-17H2,(H,25,28)/t21-/m1/s1. The van der Waals surface area contributed by atoms with E-state index in [0.29, 0.717) is 30.5 Å². The number of carbonyl (C=O) groups is 1. The van der Waals surface area contributed by atoms with Gasteiger partial charge in [0.1, 0.15) is 5.75 Å². The quantitative estimate of drug-likeness (QED) is 0.650. The minimum Gasteiger partial charge on any atom is -0.492 e. The van der Waals surface area contributed by atoms with Crippen LogP contribution in [-0.2, 0) is 11.3 Å². The van der Waals surface area contributed by atoms with Crippen molar-refractivity contribution in [1.29, 1.82) is 0 Å². The Kier molecular flexibility index (Phi) is 7.10. The van der Waals surface area contributed by atoms with Gasteiger partial charge >= 0.3 is 6.03 Å². The molecule has 0 saturated carbocycles. The zero-order valence-electron chi connectivity index (χ0n) is 17.1. The molecule has 1 atom stereocenters. The number of carbonyl (C=O) groups excluding carboxylic acids is 1. The Morgan fingerprint density at radius 1 is 1.13 bits per heavy atom. The van der Waals surface area contributed by atoms with E-state index >= 15 is 0 Å². The van der Waals surface area contributed by atoms with Crippen molar-refractivity contribution in [3.63, 3.8) is 0 Å². The van der Waals surface area contributed by atoms with Crippen molar-refractivity contribution in [3.05, 3.63) is 64.7 Å². The molecule has 6 nitrogen and oxygen atoms in total. The van der Waals surface area contributed by atoms with E-state index in [1.54, 1.807) is 0 Å². The number of urea groups is 1. The highest BCUT2D eigenvalue weighted by molar-refractivity contribution is 6.32. The lowest BCUT2D eigenvalue weighted by atomic mass is 10.1. The van der Waals surface area contributed by atoms with Gasteiger partial charge in [0.2, 0.25) is 0 Å². The molecular formula is C23H28ClN3O3. The Bertz CT molecular complexity index is 843. The second-order valence-corrected chi connectivity index (χ2v) is 8.12. The lowest BCUT2D eigenvalue weighted by Crippen LogP contribution is -2.37. The highest BCUT2D eigenvalue weighted by Gasteiger charge is 2.29. The van der Waals surface area contributed by atoms with Crippen molar-refractivity contribution in [3.8, 4) is 5.75 Å². The minimum absolute atomic E-state index is 0.0169. The second kappa shape index (κ2) is 10.2. The van der Waals surface area contributed by atoms with E-state index in [2.05, 4.69) is 10.2 Å². The van der Waals surface area contributed by atoms with Crippen LogP contribution in [0.2, 0.25) is 5.02 Å². The number of rotatable bonds is 8. The molecule has 2 amide bonds. The van der Waals surface area contributed by atoms with Crippen LogP contribution in [0.4, 0.5) is 4.79 Å². The van der Waals surface area contributed by atoms with E-state index < -0.39 is 0 Å². The van der Waals surface area contributed by atoms with Crippen molar-refractivity contribution < 1.29 is 14.3 Å². The molecule has 2 fully saturated rings. The Morgan fingerprint density at radius 2 is 1.93 bits per heavy atom. The Balaban J connectivity index is 1.26. The zero-order valence-corrected chi connectivity index (χ0v) is 17.8. The number of nitrogens with zero attached hydrogens (tertiary/aromatic N) is 2. The van der Waals surface area contributed by atoms with Crippen molar-refractivity contribution >= 4 is 17.6 Å². The van der Waals surface area contributed by atoms with E-state index in [1.165, 1.54) is 0 Å². The summed E-state index contributed by atoms with van der Waals surface area (Å²) < 4.78 is 11.2. The summed E-state index contributed by atoms with van der Waals surface area (Å²) in [6.45, 7) is 6.40. The molecule has 0 radical (unpaired) electrons. The van der Waals surface area contributed by atoms with E-state index in [4.69, 9.17) is 21.1 Å². The third-order valence-electron chi connectivity index (χ3n) is 5.54. The molecule has 160 valence electrons. The van der Waals surface area contributed by atoms with Crippen LogP contribution in [0.3, 0.4) is 0 Å². The fraction of sp³-hybridized carbons (Fsp3) is 0.435. The highest BCUT2D eigenvalue weighted by atomic mass is 35.5. The molecule has 2 aliphatic rings. The summed E-state index contributed by atoms with van der Waals surface area (Å²) in [5, 5.41) is 3.63. The molecule has 0 spiro atoms. The van der Waals surface area contributed by atoms with Crippen LogP contribution >= 0.6 is 11.6 Å². The third-order valence-corrected chi connectivity index (χ3v) is 5.83. The summed E-state index contributed by atoms with van der Waals surface area (Å²) >= 11 is 6.43. The van der Waals surface area contributed by atoms with E-state index in [0.717, 1.165) is 50.4 Å². The molecule has 4 rings (SSSR count). The van der Waals surface area contributed by atoms with Gasteiger partial charge in [-0.15, -0.1) is 0 Å². The van der Waals surface area contributed by atoms with Gasteiger partial charge in [-0.2, -0.15) is 0 Å².